The van der Waals surface area contributed by atoms with E-state index in [-0.39, 0.29) is 0 Å². The summed E-state index contributed by atoms with van der Waals surface area (Å²) in [6.07, 6.45) is 3.37. The van der Waals surface area contributed by atoms with Crippen LogP contribution >= 0.6 is 0 Å². The van der Waals surface area contributed by atoms with Crippen LogP contribution in [0, 0.1) is 0 Å². The monoisotopic (exact) mass is 173 g/mol. The molecule has 0 saturated carbocycles. The van der Waals surface area contributed by atoms with E-state index in [1.165, 1.54) is 0 Å². The molecule has 0 bridgehead atoms. The molecule has 2 heteroatoms. The summed E-state index contributed by atoms with van der Waals surface area (Å²) >= 11 is 0. The fraction of sp³-hybridized carbons (Fsp3) is 1.00. The first kappa shape index (κ1) is 11.9. The molecule has 1 atom stereocenters. The van der Waals surface area contributed by atoms with Gasteiger partial charge in [-0.25, -0.2) is 0 Å². The molecule has 1 unspecified atom stereocenters. The van der Waals surface area contributed by atoms with E-state index in [1.807, 2.05) is 20.8 Å². The van der Waals surface area contributed by atoms with Crippen LogP contribution in [0.2, 0.25) is 0 Å². The minimum atomic E-state index is -0.691. The molecule has 3 N–H and O–H groups in total. The molecule has 0 saturated heterocycles. The van der Waals surface area contributed by atoms with Gasteiger partial charge in [-0.3, -0.25) is 0 Å². The smallest absolute Gasteiger partial charge is 0.0818 e. The van der Waals surface area contributed by atoms with E-state index < -0.39 is 11.1 Å². The van der Waals surface area contributed by atoms with Gasteiger partial charge in [-0.15, -0.1) is 0 Å². The van der Waals surface area contributed by atoms with Gasteiger partial charge in [0.1, 0.15) is 0 Å². The van der Waals surface area contributed by atoms with Gasteiger partial charge < -0.3 is 10.8 Å². The van der Waals surface area contributed by atoms with E-state index in [1.54, 1.807) is 0 Å². The zero-order valence-corrected chi connectivity index (χ0v) is 8.85. The molecule has 0 aliphatic heterocycles. The van der Waals surface area contributed by atoms with E-state index >= 15 is 0 Å². The quantitative estimate of drug-likeness (QED) is 0.668. The second-order valence-corrected chi connectivity index (χ2v) is 3.91. The maximum atomic E-state index is 10.2. The fourth-order valence-electron chi connectivity index (χ4n) is 1.81. The molecule has 74 valence electrons. The Morgan fingerprint density at radius 1 is 1.17 bits per heavy atom. The molecule has 0 rings (SSSR count). The van der Waals surface area contributed by atoms with Gasteiger partial charge in [0.05, 0.1) is 5.60 Å². The second kappa shape index (κ2) is 4.24. The Kier molecular flexibility index (Phi) is 4.21. The van der Waals surface area contributed by atoms with Crippen LogP contribution in [0.4, 0.5) is 0 Å². The normalized spacial score (nSPS) is 17.5. The molecule has 0 amide bonds. The van der Waals surface area contributed by atoms with Crippen molar-refractivity contribution in [2.45, 2.75) is 64.5 Å². The number of nitrogens with two attached hydrogens (primary N) is 1. The molecule has 0 aromatic rings. The van der Waals surface area contributed by atoms with Crippen molar-refractivity contribution in [2.24, 2.45) is 5.73 Å². The summed E-state index contributed by atoms with van der Waals surface area (Å²) in [5.74, 6) is 0. The average molecular weight is 173 g/mol. The Hall–Kier alpha value is -0.0800. The van der Waals surface area contributed by atoms with Gasteiger partial charge in [-0.1, -0.05) is 27.2 Å². The molecule has 2 nitrogen and oxygen atoms in total. The Bertz CT molecular complexity index is 128. The molecule has 12 heavy (non-hydrogen) atoms. The number of hydrogen-bond donors (Lipinski definition) is 2. The van der Waals surface area contributed by atoms with Crippen molar-refractivity contribution in [1.82, 2.24) is 0 Å². The van der Waals surface area contributed by atoms with Gasteiger partial charge in [0.25, 0.3) is 0 Å². The minimum Gasteiger partial charge on any atom is -0.388 e. The van der Waals surface area contributed by atoms with Gasteiger partial charge in [0.15, 0.2) is 0 Å². The largest absolute Gasteiger partial charge is 0.388 e. The van der Waals surface area contributed by atoms with Gasteiger partial charge in [-0.2, -0.15) is 0 Å². The summed E-state index contributed by atoms with van der Waals surface area (Å²) in [5.41, 5.74) is 4.95. The van der Waals surface area contributed by atoms with E-state index in [4.69, 9.17) is 5.73 Å². The van der Waals surface area contributed by atoms with Crippen molar-refractivity contribution >= 4 is 0 Å². The van der Waals surface area contributed by atoms with Crippen molar-refractivity contribution < 1.29 is 5.11 Å². The molecule has 0 spiro atoms. The first-order valence-electron chi connectivity index (χ1n) is 4.94. The first-order valence-corrected chi connectivity index (χ1v) is 4.94. The van der Waals surface area contributed by atoms with Gasteiger partial charge in [0.2, 0.25) is 0 Å². The van der Waals surface area contributed by atoms with E-state index in [0.717, 1.165) is 25.7 Å². The van der Waals surface area contributed by atoms with Crippen LogP contribution in [-0.2, 0) is 0 Å². The Morgan fingerprint density at radius 3 is 1.83 bits per heavy atom. The van der Waals surface area contributed by atoms with Crippen molar-refractivity contribution in [3.05, 3.63) is 0 Å². The molecule has 0 aromatic carbocycles. The van der Waals surface area contributed by atoms with Gasteiger partial charge in [-0.05, 0) is 26.2 Å². The van der Waals surface area contributed by atoms with Crippen LogP contribution in [0.15, 0.2) is 0 Å². The van der Waals surface area contributed by atoms with Crippen molar-refractivity contribution in [3.63, 3.8) is 0 Å². The molecule has 0 fully saturated rings. The van der Waals surface area contributed by atoms with Gasteiger partial charge in [0, 0.05) is 5.54 Å². The average Bonchev–Trinajstić information content (AvgIpc) is 2.02. The maximum absolute atomic E-state index is 10.2. The Labute approximate surface area is 76.2 Å². The third kappa shape index (κ3) is 2.20. The summed E-state index contributed by atoms with van der Waals surface area (Å²) in [6, 6.07) is 0. The number of hydrogen-bond acceptors (Lipinski definition) is 2. The molecule has 0 radical (unpaired) electrons. The summed E-state index contributed by atoms with van der Waals surface area (Å²) in [7, 11) is 0. The van der Waals surface area contributed by atoms with Crippen LogP contribution in [-0.4, -0.2) is 16.2 Å². The maximum Gasteiger partial charge on any atom is 0.0818 e. The highest BCUT2D eigenvalue weighted by molar-refractivity contribution is 4.98. The lowest BCUT2D eigenvalue weighted by atomic mass is 9.75. The third-order valence-corrected chi connectivity index (χ3v) is 3.00. The fourth-order valence-corrected chi connectivity index (χ4v) is 1.81. The zero-order chi connectivity index (χ0) is 9.83. The van der Waals surface area contributed by atoms with Crippen LogP contribution in [0.5, 0.6) is 0 Å². The SMILES string of the molecule is CCCC(C)(N)C(O)(CC)CC. The molecule has 0 aromatic heterocycles. The van der Waals surface area contributed by atoms with Crippen LogP contribution in [0.25, 0.3) is 0 Å². The number of aliphatic hydroxyl groups is 1. The van der Waals surface area contributed by atoms with Crippen molar-refractivity contribution in [3.8, 4) is 0 Å². The predicted molar refractivity (Wildman–Crippen MR) is 53.0 cm³/mol. The third-order valence-electron chi connectivity index (χ3n) is 3.00. The highest BCUT2D eigenvalue weighted by atomic mass is 16.3. The van der Waals surface area contributed by atoms with Crippen molar-refractivity contribution in [2.75, 3.05) is 0 Å². The highest BCUT2D eigenvalue weighted by Gasteiger charge is 2.40. The summed E-state index contributed by atoms with van der Waals surface area (Å²) < 4.78 is 0. The topological polar surface area (TPSA) is 46.2 Å². The zero-order valence-electron chi connectivity index (χ0n) is 8.85. The lowest BCUT2D eigenvalue weighted by Gasteiger charge is -2.41. The summed E-state index contributed by atoms with van der Waals surface area (Å²) in [4.78, 5) is 0. The molecular weight excluding hydrogens is 150 g/mol. The lowest BCUT2D eigenvalue weighted by molar-refractivity contribution is -0.0392. The van der Waals surface area contributed by atoms with E-state index in [0.29, 0.717) is 0 Å². The minimum absolute atomic E-state index is 0.439. The van der Waals surface area contributed by atoms with E-state index in [2.05, 4.69) is 6.92 Å². The standard InChI is InChI=1S/C10H23NO/c1-5-8-9(4,11)10(12,6-2)7-3/h12H,5-8,11H2,1-4H3. The Morgan fingerprint density at radius 2 is 1.58 bits per heavy atom. The van der Waals surface area contributed by atoms with Crippen molar-refractivity contribution in [1.29, 1.82) is 0 Å². The van der Waals surface area contributed by atoms with Crippen LogP contribution in [0.3, 0.4) is 0 Å². The highest BCUT2D eigenvalue weighted by Crippen LogP contribution is 2.30. The summed E-state index contributed by atoms with van der Waals surface area (Å²) in [5, 5.41) is 10.2. The number of rotatable bonds is 5. The lowest BCUT2D eigenvalue weighted by Crippen LogP contribution is -2.57. The second-order valence-electron chi connectivity index (χ2n) is 3.91. The Balaban J connectivity index is 4.46. The molecule has 0 aliphatic rings. The van der Waals surface area contributed by atoms with Crippen LogP contribution < -0.4 is 5.73 Å². The first-order chi connectivity index (χ1) is 5.43. The molecule has 0 heterocycles. The molecule has 0 aliphatic carbocycles. The van der Waals surface area contributed by atoms with Gasteiger partial charge >= 0.3 is 0 Å². The summed E-state index contributed by atoms with van der Waals surface area (Å²) in [6.45, 7) is 8.02. The predicted octanol–water partition coefficient (Wildman–Crippen LogP) is 2.05. The van der Waals surface area contributed by atoms with Crippen LogP contribution in [0.1, 0.15) is 53.4 Å². The van der Waals surface area contributed by atoms with E-state index in [9.17, 15) is 5.11 Å². The molecular formula is C10H23NO.